The number of hydrogen-bond acceptors (Lipinski definition) is 4. The highest BCUT2D eigenvalue weighted by Crippen LogP contribution is 2.44. The highest BCUT2D eigenvalue weighted by molar-refractivity contribution is 6.52. The summed E-state index contributed by atoms with van der Waals surface area (Å²) in [6.07, 6.45) is 0. The van der Waals surface area contributed by atoms with Crippen molar-refractivity contribution in [3.8, 4) is 5.75 Å². The number of nitrogens with zero attached hydrogens (tertiary/aromatic N) is 1. The third-order valence-corrected chi connectivity index (χ3v) is 6.38. The summed E-state index contributed by atoms with van der Waals surface area (Å²) in [7, 11) is 0. The molecule has 1 aliphatic heterocycles. The highest BCUT2D eigenvalue weighted by atomic mass is 35.5. The van der Waals surface area contributed by atoms with Crippen molar-refractivity contribution in [2.75, 3.05) is 11.5 Å². The van der Waals surface area contributed by atoms with Gasteiger partial charge in [-0.05, 0) is 49.4 Å². The van der Waals surface area contributed by atoms with Gasteiger partial charge in [0.25, 0.3) is 11.7 Å². The fourth-order valence-corrected chi connectivity index (χ4v) is 4.26. The fourth-order valence-electron chi connectivity index (χ4n) is 3.80. The number of rotatable bonds is 5. The van der Waals surface area contributed by atoms with Crippen molar-refractivity contribution < 1.29 is 23.8 Å². The maximum absolute atomic E-state index is 14.9. The molecule has 174 valence electrons. The zero-order chi connectivity index (χ0) is 24.6. The molecule has 1 atom stereocenters. The van der Waals surface area contributed by atoms with Gasteiger partial charge in [-0.1, -0.05) is 53.0 Å². The molecule has 1 aliphatic rings. The highest BCUT2D eigenvalue weighted by Gasteiger charge is 2.48. The van der Waals surface area contributed by atoms with Crippen molar-refractivity contribution in [2.45, 2.75) is 13.0 Å². The van der Waals surface area contributed by atoms with Crippen molar-refractivity contribution in [3.63, 3.8) is 0 Å². The van der Waals surface area contributed by atoms with Crippen LogP contribution in [-0.4, -0.2) is 23.4 Å². The number of halogens is 4. The normalized spacial score (nSPS) is 17.3. The van der Waals surface area contributed by atoms with Crippen molar-refractivity contribution in [2.24, 2.45) is 0 Å². The smallest absolute Gasteiger partial charge is 0.300 e. The molecule has 34 heavy (non-hydrogen) atoms. The van der Waals surface area contributed by atoms with Gasteiger partial charge in [0.05, 0.1) is 33.3 Å². The van der Waals surface area contributed by atoms with Gasteiger partial charge in [0.15, 0.2) is 0 Å². The molecule has 3 aromatic rings. The van der Waals surface area contributed by atoms with Gasteiger partial charge < -0.3 is 9.84 Å². The van der Waals surface area contributed by atoms with E-state index in [-0.39, 0.29) is 38.2 Å². The fraction of sp³-hybridized carbons (Fsp3) is 0.120. The Hall–Kier alpha value is -3.06. The van der Waals surface area contributed by atoms with E-state index < -0.39 is 29.3 Å². The van der Waals surface area contributed by atoms with E-state index in [0.717, 1.165) is 4.90 Å². The molecular formula is C25H17Cl3FNO4. The second kappa shape index (κ2) is 9.66. The van der Waals surface area contributed by atoms with Gasteiger partial charge in [-0.3, -0.25) is 14.5 Å². The Morgan fingerprint density at radius 1 is 1.00 bits per heavy atom. The minimum atomic E-state index is -1.26. The number of hydrogen-bond donors (Lipinski definition) is 1. The monoisotopic (exact) mass is 519 g/mol. The molecule has 5 nitrogen and oxygen atoms in total. The summed E-state index contributed by atoms with van der Waals surface area (Å²) < 4.78 is 20.4. The first-order valence-corrected chi connectivity index (χ1v) is 11.3. The largest absolute Gasteiger partial charge is 0.507 e. The molecule has 0 spiro atoms. The molecule has 4 rings (SSSR count). The van der Waals surface area contributed by atoms with E-state index in [9.17, 15) is 19.1 Å². The average molecular weight is 521 g/mol. The number of anilines is 1. The maximum Gasteiger partial charge on any atom is 0.300 e. The summed E-state index contributed by atoms with van der Waals surface area (Å²) in [4.78, 5) is 27.4. The molecule has 1 amide bonds. The number of benzene rings is 3. The van der Waals surface area contributed by atoms with E-state index >= 15 is 0 Å². The first-order valence-electron chi connectivity index (χ1n) is 10.2. The molecule has 9 heteroatoms. The molecule has 0 bridgehead atoms. The van der Waals surface area contributed by atoms with Gasteiger partial charge in [0, 0.05) is 16.8 Å². The number of aliphatic hydroxyl groups excluding tert-OH is 1. The number of ketones is 1. The van der Waals surface area contributed by atoms with Crippen LogP contribution < -0.4 is 9.64 Å². The van der Waals surface area contributed by atoms with Gasteiger partial charge >= 0.3 is 0 Å². The zero-order valence-electron chi connectivity index (χ0n) is 17.7. The molecule has 0 radical (unpaired) electrons. The van der Waals surface area contributed by atoms with Gasteiger partial charge in [0.1, 0.15) is 17.3 Å². The number of amides is 1. The lowest BCUT2D eigenvalue weighted by atomic mass is 9.94. The van der Waals surface area contributed by atoms with Crippen LogP contribution in [0.5, 0.6) is 5.75 Å². The molecule has 1 N–H and O–H groups in total. The van der Waals surface area contributed by atoms with Crippen LogP contribution in [0.4, 0.5) is 10.1 Å². The molecule has 0 aliphatic carbocycles. The average Bonchev–Trinajstić information content (AvgIpc) is 3.07. The van der Waals surface area contributed by atoms with Crippen LogP contribution in [0.25, 0.3) is 5.76 Å². The molecule has 3 aromatic carbocycles. The van der Waals surface area contributed by atoms with Crippen LogP contribution in [0.3, 0.4) is 0 Å². The van der Waals surface area contributed by atoms with Crippen molar-refractivity contribution >= 4 is 57.9 Å². The number of Topliss-reactive ketones (excluding diaryl/α,β-unsaturated/α-hetero) is 1. The summed E-state index contributed by atoms with van der Waals surface area (Å²) in [6, 6.07) is 13.2. The maximum atomic E-state index is 14.9. The third-order valence-electron chi connectivity index (χ3n) is 5.33. The minimum absolute atomic E-state index is 0.0216. The number of aliphatic hydroxyl groups is 1. The van der Waals surface area contributed by atoms with E-state index in [1.165, 1.54) is 54.6 Å². The van der Waals surface area contributed by atoms with Crippen LogP contribution in [0.1, 0.15) is 24.1 Å². The molecule has 1 fully saturated rings. The third kappa shape index (κ3) is 4.25. The first kappa shape index (κ1) is 24.1. The van der Waals surface area contributed by atoms with E-state index in [4.69, 9.17) is 39.5 Å². The lowest BCUT2D eigenvalue weighted by Crippen LogP contribution is -2.29. The van der Waals surface area contributed by atoms with Crippen LogP contribution >= 0.6 is 34.8 Å². The SMILES string of the molecule is CCOc1cc(/C(O)=C2\C(=O)C(=O)N(c3ccc(Cl)c(Cl)c3)C2c2ccccc2F)ccc1Cl. The number of ether oxygens (including phenoxy) is 1. The van der Waals surface area contributed by atoms with Gasteiger partial charge in [-0.25, -0.2) is 4.39 Å². The topological polar surface area (TPSA) is 66.8 Å². The van der Waals surface area contributed by atoms with Gasteiger partial charge in [-0.2, -0.15) is 0 Å². The quantitative estimate of drug-likeness (QED) is 0.228. The summed E-state index contributed by atoms with van der Waals surface area (Å²) in [5, 5.41) is 11.9. The number of carbonyl (C=O) groups is 2. The molecule has 0 aromatic heterocycles. The Morgan fingerprint density at radius 3 is 2.38 bits per heavy atom. The Bertz CT molecular complexity index is 1340. The number of carbonyl (C=O) groups excluding carboxylic acids is 2. The van der Waals surface area contributed by atoms with Crippen LogP contribution in [0.15, 0.2) is 66.2 Å². The Labute approximate surface area is 209 Å². The summed E-state index contributed by atoms with van der Waals surface area (Å²) in [5.74, 6) is -2.80. The van der Waals surface area contributed by atoms with Crippen molar-refractivity contribution in [1.29, 1.82) is 0 Å². The Morgan fingerprint density at radius 2 is 1.71 bits per heavy atom. The standard InChI is InChI=1S/C25H17Cl3FNO4/c1-2-34-20-11-13(7-9-17(20)27)23(31)21-22(15-5-3-4-6-19(15)29)30(25(33)24(21)32)14-8-10-16(26)18(28)12-14/h3-12,22,31H,2H2,1H3/b23-21+. The van der Waals surface area contributed by atoms with Crippen molar-refractivity contribution in [1.82, 2.24) is 0 Å². The van der Waals surface area contributed by atoms with E-state index in [0.29, 0.717) is 11.6 Å². The van der Waals surface area contributed by atoms with Crippen LogP contribution in [-0.2, 0) is 9.59 Å². The van der Waals surface area contributed by atoms with Crippen LogP contribution in [0.2, 0.25) is 15.1 Å². The summed E-state index contributed by atoms with van der Waals surface area (Å²) in [5.41, 5.74) is 0.135. The molecular weight excluding hydrogens is 504 g/mol. The Balaban J connectivity index is 1.96. The molecule has 1 heterocycles. The molecule has 1 saturated heterocycles. The van der Waals surface area contributed by atoms with E-state index in [1.807, 2.05) is 0 Å². The lowest BCUT2D eigenvalue weighted by molar-refractivity contribution is -0.132. The predicted octanol–water partition coefficient (Wildman–Crippen LogP) is 6.81. The summed E-state index contributed by atoms with van der Waals surface area (Å²) >= 11 is 18.3. The van der Waals surface area contributed by atoms with Gasteiger partial charge in [-0.15, -0.1) is 0 Å². The minimum Gasteiger partial charge on any atom is -0.507 e. The molecule has 0 saturated carbocycles. The Kier molecular flexibility index (Phi) is 6.84. The zero-order valence-corrected chi connectivity index (χ0v) is 20.0. The van der Waals surface area contributed by atoms with E-state index in [2.05, 4.69) is 0 Å². The lowest BCUT2D eigenvalue weighted by Gasteiger charge is -2.26. The summed E-state index contributed by atoms with van der Waals surface area (Å²) in [6.45, 7) is 2.09. The first-order chi connectivity index (χ1) is 16.2. The second-order valence-corrected chi connectivity index (χ2v) is 8.59. The van der Waals surface area contributed by atoms with E-state index in [1.54, 1.807) is 13.0 Å². The van der Waals surface area contributed by atoms with Gasteiger partial charge in [0.2, 0.25) is 0 Å². The van der Waals surface area contributed by atoms with Crippen LogP contribution in [0, 0.1) is 5.82 Å². The van der Waals surface area contributed by atoms with Crippen molar-refractivity contribution in [3.05, 3.63) is 98.2 Å². The second-order valence-electron chi connectivity index (χ2n) is 7.37. The predicted molar refractivity (Wildman–Crippen MR) is 130 cm³/mol. The molecule has 1 unspecified atom stereocenters.